The van der Waals surface area contributed by atoms with Gasteiger partial charge in [-0.1, -0.05) is 6.07 Å². The number of carbonyl (C=O) groups excluding carboxylic acids is 1. The number of ether oxygens (including phenoxy) is 2. The number of carbonyl (C=O) groups is 1. The van der Waals surface area contributed by atoms with Gasteiger partial charge in [-0.15, -0.1) is 0 Å². The van der Waals surface area contributed by atoms with Crippen LogP contribution in [0.2, 0.25) is 0 Å². The molecule has 2 heterocycles. The van der Waals surface area contributed by atoms with E-state index in [2.05, 4.69) is 16.3 Å². The van der Waals surface area contributed by atoms with Crippen molar-refractivity contribution in [1.29, 1.82) is 0 Å². The molecule has 1 unspecified atom stereocenters. The maximum absolute atomic E-state index is 12.5. The van der Waals surface area contributed by atoms with Crippen molar-refractivity contribution < 1.29 is 14.3 Å². The maximum Gasteiger partial charge on any atom is 0.240 e. The van der Waals surface area contributed by atoms with Gasteiger partial charge in [0.05, 0.1) is 13.7 Å². The van der Waals surface area contributed by atoms with Crippen molar-refractivity contribution in [1.82, 2.24) is 10.2 Å². The van der Waals surface area contributed by atoms with Gasteiger partial charge in [0.2, 0.25) is 5.91 Å². The van der Waals surface area contributed by atoms with Gasteiger partial charge in [-0.2, -0.15) is 0 Å². The molecule has 1 aromatic rings. The summed E-state index contributed by atoms with van der Waals surface area (Å²) in [7, 11) is 1.66. The smallest absolute Gasteiger partial charge is 0.240 e. The van der Waals surface area contributed by atoms with E-state index in [9.17, 15) is 4.79 Å². The molecular formula is C18H26N2O3. The molecule has 3 rings (SSSR count). The van der Waals surface area contributed by atoms with Crippen LogP contribution >= 0.6 is 0 Å². The SMILES string of the molecule is CCOc1ccc(CN2CCCC23CCCNC3=O)cc1OC. The number of hydrogen-bond donors (Lipinski definition) is 1. The Morgan fingerprint density at radius 2 is 2.09 bits per heavy atom. The summed E-state index contributed by atoms with van der Waals surface area (Å²) >= 11 is 0. The Bertz CT molecular complexity index is 575. The number of amides is 1. The average molecular weight is 318 g/mol. The van der Waals surface area contributed by atoms with Crippen molar-refractivity contribution in [3.05, 3.63) is 23.8 Å². The van der Waals surface area contributed by atoms with E-state index in [4.69, 9.17) is 9.47 Å². The zero-order chi connectivity index (χ0) is 16.3. The summed E-state index contributed by atoms with van der Waals surface area (Å²) < 4.78 is 11.0. The van der Waals surface area contributed by atoms with Crippen molar-refractivity contribution in [3.8, 4) is 11.5 Å². The van der Waals surface area contributed by atoms with Crippen LogP contribution in [0.1, 0.15) is 38.2 Å². The van der Waals surface area contributed by atoms with E-state index in [0.717, 1.165) is 62.4 Å². The molecule has 5 heteroatoms. The zero-order valence-electron chi connectivity index (χ0n) is 14.1. The number of rotatable bonds is 5. The molecule has 126 valence electrons. The molecule has 23 heavy (non-hydrogen) atoms. The average Bonchev–Trinajstić information content (AvgIpc) is 2.95. The van der Waals surface area contributed by atoms with Crippen LogP contribution in [0.4, 0.5) is 0 Å². The van der Waals surface area contributed by atoms with Crippen LogP contribution in [-0.4, -0.2) is 43.2 Å². The molecule has 0 aliphatic carbocycles. The first-order valence-electron chi connectivity index (χ1n) is 8.52. The summed E-state index contributed by atoms with van der Waals surface area (Å²) in [5.41, 5.74) is 0.856. The summed E-state index contributed by atoms with van der Waals surface area (Å²) in [6.45, 7) is 5.14. The lowest BCUT2D eigenvalue weighted by atomic mass is 9.86. The van der Waals surface area contributed by atoms with Crippen LogP contribution in [-0.2, 0) is 11.3 Å². The molecule has 1 amide bonds. The largest absolute Gasteiger partial charge is 0.493 e. The molecule has 5 nitrogen and oxygen atoms in total. The van der Waals surface area contributed by atoms with Crippen LogP contribution < -0.4 is 14.8 Å². The van der Waals surface area contributed by atoms with Gasteiger partial charge in [-0.05, 0) is 56.8 Å². The highest BCUT2D eigenvalue weighted by atomic mass is 16.5. The molecule has 2 aliphatic heterocycles. The number of piperidine rings is 1. The van der Waals surface area contributed by atoms with Gasteiger partial charge >= 0.3 is 0 Å². The number of hydrogen-bond acceptors (Lipinski definition) is 4. The second kappa shape index (κ2) is 6.79. The topological polar surface area (TPSA) is 50.8 Å². The standard InChI is InChI=1S/C18H26N2O3/c1-3-23-15-7-6-14(12-16(15)22-2)13-20-11-5-9-18(20)8-4-10-19-17(18)21/h6-7,12H,3-5,8-11,13H2,1-2H3,(H,19,21). The summed E-state index contributed by atoms with van der Waals surface area (Å²) in [6.07, 6.45) is 4.08. The third kappa shape index (κ3) is 3.02. The van der Waals surface area contributed by atoms with Crippen LogP contribution in [0.25, 0.3) is 0 Å². The number of benzene rings is 1. The van der Waals surface area contributed by atoms with Crippen LogP contribution in [0, 0.1) is 0 Å². The van der Waals surface area contributed by atoms with Gasteiger partial charge < -0.3 is 14.8 Å². The van der Waals surface area contributed by atoms with E-state index in [1.165, 1.54) is 0 Å². The van der Waals surface area contributed by atoms with E-state index in [-0.39, 0.29) is 11.4 Å². The molecule has 2 aliphatic rings. The van der Waals surface area contributed by atoms with E-state index in [1.807, 2.05) is 19.1 Å². The van der Waals surface area contributed by atoms with Gasteiger partial charge in [0.15, 0.2) is 11.5 Å². The fourth-order valence-electron chi connectivity index (χ4n) is 3.87. The van der Waals surface area contributed by atoms with Crippen molar-refractivity contribution in [2.75, 3.05) is 26.8 Å². The molecule has 2 fully saturated rings. The second-order valence-corrected chi connectivity index (χ2v) is 6.33. The van der Waals surface area contributed by atoms with Crippen LogP contribution in [0.3, 0.4) is 0 Å². The Balaban J connectivity index is 1.79. The summed E-state index contributed by atoms with van der Waals surface area (Å²) in [4.78, 5) is 14.8. The van der Waals surface area contributed by atoms with E-state index in [0.29, 0.717) is 6.61 Å². The molecule has 1 N–H and O–H groups in total. The Labute approximate surface area is 137 Å². The van der Waals surface area contributed by atoms with Gasteiger partial charge in [-0.3, -0.25) is 9.69 Å². The summed E-state index contributed by atoms with van der Waals surface area (Å²) in [5, 5.41) is 3.05. The third-order valence-electron chi connectivity index (χ3n) is 5.00. The number of nitrogens with one attached hydrogen (secondary N) is 1. The maximum atomic E-state index is 12.5. The predicted octanol–water partition coefficient (Wildman–Crippen LogP) is 2.34. The van der Waals surface area contributed by atoms with E-state index < -0.39 is 0 Å². The molecule has 2 saturated heterocycles. The van der Waals surface area contributed by atoms with Gasteiger partial charge in [0.25, 0.3) is 0 Å². The fourth-order valence-corrected chi connectivity index (χ4v) is 3.87. The normalized spacial score (nSPS) is 24.7. The lowest BCUT2D eigenvalue weighted by Crippen LogP contribution is -2.58. The molecule has 0 bridgehead atoms. The van der Waals surface area contributed by atoms with Crippen molar-refractivity contribution in [2.24, 2.45) is 0 Å². The Kier molecular flexibility index (Phi) is 4.76. The Morgan fingerprint density at radius 3 is 2.83 bits per heavy atom. The molecule has 1 atom stereocenters. The first-order chi connectivity index (χ1) is 11.2. The Morgan fingerprint density at radius 1 is 1.26 bits per heavy atom. The predicted molar refractivity (Wildman–Crippen MR) is 88.8 cm³/mol. The monoisotopic (exact) mass is 318 g/mol. The lowest BCUT2D eigenvalue weighted by molar-refractivity contribution is -0.134. The van der Waals surface area contributed by atoms with Gasteiger partial charge in [-0.25, -0.2) is 0 Å². The third-order valence-corrected chi connectivity index (χ3v) is 5.00. The number of methoxy groups -OCH3 is 1. The Hall–Kier alpha value is -1.75. The van der Waals surface area contributed by atoms with Gasteiger partial charge in [0, 0.05) is 13.1 Å². The van der Waals surface area contributed by atoms with Crippen molar-refractivity contribution in [2.45, 2.75) is 44.7 Å². The minimum atomic E-state index is -0.302. The summed E-state index contributed by atoms with van der Waals surface area (Å²) in [6, 6.07) is 6.05. The van der Waals surface area contributed by atoms with Crippen LogP contribution in [0.15, 0.2) is 18.2 Å². The lowest BCUT2D eigenvalue weighted by Gasteiger charge is -2.40. The van der Waals surface area contributed by atoms with Crippen molar-refractivity contribution in [3.63, 3.8) is 0 Å². The minimum Gasteiger partial charge on any atom is -0.493 e. The molecule has 1 aromatic carbocycles. The molecule has 0 saturated carbocycles. The highest BCUT2D eigenvalue weighted by molar-refractivity contribution is 5.87. The summed E-state index contributed by atoms with van der Waals surface area (Å²) in [5.74, 6) is 1.73. The molecule has 0 radical (unpaired) electrons. The minimum absolute atomic E-state index is 0.208. The van der Waals surface area contributed by atoms with E-state index >= 15 is 0 Å². The highest BCUT2D eigenvalue weighted by Gasteiger charge is 2.48. The van der Waals surface area contributed by atoms with Crippen molar-refractivity contribution >= 4 is 5.91 Å². The quantitative estimate of drug-likeness (QED) is 0.905. The first-order valence-corrected chi connectivity index (χ1v) is 8.52. The number of nitrogens with zero attached hydrogens (tertiary/aromatic N) is 1. The number of likely N-dealkylation sites (tertiary alicyclic amines) is 1. The highest BCUT2D eigenvalue weighted by Crippen LogP contribution is 2.37. The van der Waals surface area contributed by atoms with Gasteiger partial charge in [0.1, 0.15) is 5.54 Å². The second-order valence-electron chi connectivity index (χ2n) is 6.33. The first kappa shape index (κ1) is 16.1. The van der Waals surface area contributed by atoms with Crippen LogP contribution in [0.5, 0.6) is 11.5 Å². The molecule has 1 spiro atoms. The van der Waals surface area contributed by atoms with E-state index in [1.54, 1.807) is 7.11 Å². The molecule has 0 aromatic heterocycles. The fraction of sp³-hybridized carbons (Fsp3) is 0.611. The molecular weight excluding hydrogens is 292 g/mol. The zero-order valence-corrected chi connectivity index (χ0v) is 14.1.